The van der Waals surface area contributed by atoms with Crippen LogP contribution in [-0.4, -0.2) is 29.3 Å². The Morgan fingerprint density at radius 3 is 2.85 bits per heavy atom. The second-order valence-electron chi connectivity index (χ2n) is 4.69. The maximum absolute atomic E-state index is 12.1. The van der Waals surface area contributed by atoms with Gasteiger partial charge >= 0.3 is 0 Å². The molecule has 0 bridgehead atoms. The van der Waals surface area contributed by atoms with Gasteiger partial charge in [0.15, 0.2) is 0 Å². The van der Waals surface area contributed by atoms with Gasteiger partial charge in [-0.25, -0.2) is 0 Å². The fourth-order valence-corrected chi connectivity index (χ4v) is 2.84. The monoisotopic (exact) mass is 314 g/mol. The fourth-order valence-electron chi connectivity index (χ4n) is 2.37. The summed E-state index contributed by atoms with van der Waals surface area (Å²) in [6.07, 6.45) is 1.01. The van der Waals surface area contributed by atoms with Gasteiger partial charge in [0.25, 0.3) is 0 Å². The van der Waals surface area contributed by atoms with Crippen LogP contribution in [0.2, 0.25) is 10.0 Å². The molecule has 1 saturated heterocycles. The Morgan fingerprint density at radius 1 is 1.45 bits per heavy atom. The van der Waals surface area contributed by atoms with E-state index in [0.29, 0.717) is 36.0 Å². The maximum atomic E-state index is 12.1. The number of hydrogen-bond acceptors (Lipinski definition) is 2. The van der Waals surface area contributed by atoms with Crippen molar-refractivity contribution in [2.24, 2.45) is 0 Å². The van der Waals surface area contributed by atoms with Crippen LogP contribution in [0.5, 0.6) is 0 Å². The third-order valence-electron chi connectivity index (χ3n) is 3.44. The van der Waals surface area contributed by atoms with Crippen LogP contribution in [0, 0.1) is 0 Å². The van der Waals surface area contributed by atoms with Gasteiger partial charge < -0.3 is 10.2 Å². The number of benzene rings is 1. The van der Waals surface area contributed by atoms with Crippen molar-refractivity contribution in [3.8, 4) is 0 Å². The summed E-state index contributed by atoms with van der Waals surface area (Å²) < 4.78 is 0. The molecule has 0 spiro atoms. The predicted molar refractivity (Wildman–Crippen MR) is 78.7 cm³/mol. The van der Waals surface area contributed by atoms with Gasteiger partial charge in [-0.05, 0) is 31.0 Å². The molecular weight excluding hydrogens is 299 g/mol. The van der Waals surface area contributed by atoms with Crippen molar-refractivity contribution in [3.05, 3.63) is 33.8 Å². The highest BCUT2D eigenvalue weighted by Gasteiger charge is 2.34. The van der Waals surface area contributed by atoms with Crippen molar-refractivity contribution in [1.82, 2.24) is 10.2 Å². The number of likely N-dealkylation sites (N-methyl/N-ethyl adjacent to an activating group) is 1. The van der Waals surface area contributed by atoms with Crippen molar-refractivity contribution in [2.75, 3.05) is 6.54 Å². The number of halogens is 2. The Labute approximate surface area is 128 Å². The van der Waals surface area contributed by atoms with Gasteiger partial charge in [0.05, 0.1) is 0 Å². The lowest BCUT2D eigenvalue weighted by Crippen LogP contribution is -2.44. The van der Waals surface area contributed by atoms with Crippen LogP contribution in [0.15, 0.2) is 18.2 Å². The van der Waals surface area contributed by atoms with Crippen LogP contribution in [-0.2, 0) is 16.1 Å². The molecule has 1 heterocycles. The number of carbonyl (C=O) groups excluding carboxylic acids is 2. The minimum atomic E-state index is -0.362. The molecule has 20 heavy (non-hydrogen) atoms. The molecule has 1 aliphatic heterocycles. The molecule has 1 aromatic carbocycles. The van der Waals surface area contributed by atoms with E-state index in [9.17, 15) is 9.59 Å². The van der Waals surface area contributed by atoms with Crippen LogP contribution < -0.4 is 5.32 Å². The molecule has 1 unspecified atom stereocenters. The summed E-state index contributed by atoms with van der Waals surface area (Å²) in [5, 5.41) is 3.91. The highest BCUT2D eigenvalue weighted by atomic mass is 35.5. The van der Waals surface area contributed by atoms with Gasteiger partial charge in [0, 0.05) is 29.6 Å². The number of nitrogens with one attached hydrogen (secondary N) is 1. The molecule has 0 radical (unpaired) electrons. The molecule has 1 aliphatic rings. The predicted octanol–water partition coefficient (Wildman–Crippen LogP) is 2.62. The summed E-state index contributed by atoms with van der Waals surface area (Å²) >= 11 is 11.9. The van der Waals surface area contributed by atoms with E-state index < -0.39 is 0 Å². The minimum absolute atomic E-state index is 0.0391. The Hall–Kier alpha value is -1.26. The van der Waals surface area contributed by atoms with E-state index in [1.54, 1.807) is 23.1 Å². The summed E-state index contributed by atoms with van der Waals surface area (Å²) in [5.41, 5.74) is 0.803. The zero-order chi connectivity index (χ0) is 14.7. The molecule has 0 saturated carbocycles. The first-order valence-electron chi connectivity index (χ1n) is 6.54. The molecule has 2 rings (SSSR count). The van der Waals surface area contributed by atoms with Crippen molar-refractivity contribution < 1.29 is 9.59 Å². The average Bonchev–Trinajstić information content (AvgIpc) is 2.78. The van der Waals surface area contributed by atoms with E-state index in [4.69, 9.17) is 23.2 Å². The largest absolute Gasteiger partial charge is 0.350 e. The second-order valence-corrected chi connectivity index (χ2v) is 5.53. The van der Waals surface area contributed by atoms with Crippen LogP contribution in [0.3, 0.4) is 0 Å². The molecule has 108 valence electrons. The number of amides is 2. The van der Waals surface area contributed by atoms with Gasteiger partial charge in [-0.3, -0.25) is 9.59 Å². The van der Waals surface area contributed by atoms with Gasteiger partial charge in [0.2, 0.25) is 11.8 Å². The lowest BCUT2D eigenvalue weighted by Gasteiger charge is -2.22. The molecule has 2 amide bonds. The van der Waals surface area contributed by atoms with Crippen LogP contribution >= 0.6 is 23.2 Å². The first-order chi connectivity index (χ1) is 9.52. The van der Waals surface area contributed by atoms with Gasteiger partial charge in [-0.1, -0.05) is 29.3 Å². The zero-order valence-electron chi connectivity index (χ0n) is 11.2. The molecule has 0 aliphatic carbocycles. The van der Waals surface area contributed by atoms with Crippen molar-refractivity contribution in [1.29, 1.82) is 0 Å². The minimum Gasteiger partial charge on any atom is -0.350 e. The highest BCUT2D eigenvalue weighted by Crippen LogP contribution is 2.22. The highest BCUT2D eigenvalue weighted by molar-refractivity contribution is 6.35. The van der Waals surface area contributed by atoms with Crippen molar-refractivity contribution >= 4 is 35.0 Å². The second kappa shape index (κ2) is 6.46. The normalized spacial score (nSPS) is 18.4. The van der Waals surface area contributed by atoms with E-state index in [-0.39, 0.29) is 17.9 Å². The Kier molecular flexibility index (Phi) is 4.89. The van der Waals surface area contributed by atoms with E-state index in [1.165, 1.54) is 0 Å². The zero-order valence-corrected chi connectivity index (χ0v) is 12.7. The summed E-state index contributed by atoms with van der Waals surface area (Å²) in [6.45, 7) is 2.76. The number of nitrogens with zero attached hydrogens (tertiary/aromatic N) is 1. The van der Waals surface area contributed by atoms with E-state index in [1.807, 2.05) is 6.92 Å². The maximum Gasteiger partial charge on any atom is 0.243 e. The van der Waals surface area contributed by atoms with Crippen LogP contribution in [0.1, 0.15) is 25.3 Å². The summed E-state index contributed by atoms with van der Waals surface area (Å²) in [5.74, 6) is -0.0964. The molecule has 1 atom stereocenters. The number of rotatable bonds is 4. The number of carbonyl (C=O) groups is 2. The molecule has 0 aromatic heterocycles. The van der Waals surface area contributed by atoms with Crippen LogP contribution in [0.4, 0.5) is 0 Å². The van der Waals surface area contributed by atoms with Crippen molar-refractivity contribution in [3.63, 3.8) is 0 Å². The van der Waals surface area contributed by atoms with E-state index in [0.717, 1.165) is 5.56 Å². The third kappa shape index (κ3) is 3.25. The molecule has 6 heteroatoms. The summed E-state index contributed by atoms with van der Waals surface area (Å²) in [6, 6.07) is 4.79. The summed E-state index contributed by atoms with van der Waals surface area (Å²) in [7, 11) is 0. The fraction of sp³-hybridized carbons (Fsp3) is 0.429. The lowest BCUT2D eigenvalue weighted by molar-refractivity contribution is -0.135. The Balaban J connectivity index is 1.97. The molecular formula is C14H16Cl2N2O2. The molecule has 4 nitrogen and oxygen atoms in total. The topological polar surface area (TPSA) is 49.4 Å². The summed E-state index contributed by atoms with van der Waals surface area (Å²) in [4.78, 5) is 25.3. The average molecular weight is 315 g/mol. The van der Waals surface area contributed by atoms with Gasteiger partial charge in [-0.2, -0.15) is 0 Å². The first kappa shape index (κ1) is 15.1. The first-order valence-corrected chi connectivity index (χ1v) is 7.29. The number of hydrogen-bond donors (Lipinski definition) is 1. The molecule has 1 aromatic rings. The molecule has 1 N–H and O–H groups in total. The number of likely N-dealkylation sites (tertiary alicyclic amines) is 1. The van der Waals surface area contributed by atoms with Gasteiger partial charge in [0.1, 0.15) is 6.04 Å². The van der Waals surface area contributed by atoms with E-state index in [2.05, 4.69) is 5.32 Å². The Morgan fingerprint density at radius 2 is 2.20 bits per heavy atom. The van der Waals surface area contributed by atoms with Gasteiger partial charge in [-0.15, -0.1) is 0 Å². The van der Waals surface area contributed by atoms with Crippen molar-refractivity contribution in [2.45, 2.75) is 32.4 Å². The standard InChI is InChI=1S/C14H16Cl2N2O2/c1-2-18-12(5-6-13(18)19)14(20)17-8-9-3-4-10(15)7-11(9)16/h3-4,7,12H,2,5-6,8H2,1H3,(H,17,20). The third-order valence-corrected chi connectivity index (χ3v) is 4.03. The van der Waals surface area contributed by atoms with Crippen LogP contribution in [0.25, 0.3) is 0 Å². The SMILES string of the molecule is CCN1C(=O)CCC1C(=O)NCc1ccc(Cl)cc1Cl. The smallest absolute Gasteiger partial charge is 0.243 e. The quantitative estimate of drug-likeness (QED) is 0.928. The molecule has 1 fully saturated rings. The van der Waals surface area contributed by atoms with E-state index >= 15 is 0 Å². The lowest BCUT2D eigenvalue weighted by atomic mass is 10.2. The Bertz CT molecular complexity index is 534.